The highest BCUT2D eigenvalue weighted by molar-refractivity contribution is 7.85. The van der Waals surface area contributed by atoms with Gasteiger partial charge in [0.05, 0.1) is 11.8 Å². The summed E-state index contributed by atoms with van der Waals surface area (Å²) in [5.74, 6) is -0.922. The zero-order valence-corrected chi connectivity index (χ0v) is 23.3. The van der Waals surface area contributed by atoms with Crippen LogP contribution in [0.5, 0.6) is 5.75 Å². The molecule has 0 atom stereocenters. The van der Waals surface area contributed by atoms with Gasteiger partial charge in [0.2, 0.25) is 11.5 Å². The van der Waals surface area contributed by atoms with Crippen molar-refractivity contribution < 1.29 is 39.7 Å². The molecule has 40 heavy (non-hydrogen) atoms. The van der Waals surface area contributed by atoms with E-state index in [-0.39, 0.29) is 11.8 Å². The quantitative estimate of drug-likeness (QED) is 0.233. The SMILES string of the molecule is CCC(=Cc1oc2ccc(-c3ccccc3)cc2[n+]1CS(=O)(=O)O)C=C1Oc2ccc(C)cc2N1CS(=O)(=O)[O-]. The molecule has 3 aromatic carbocycles. The van der Waals surface area contributed by atoms with Crippen LogP contribution in [0.25, 0.3) is 28.3 Å². The van der Waals surface area contributed by atoms with Crippen molar-refractivity contribution in [3.8, 4) is 16.9 Å². The molecule has 2 heterocycles. The Hall–Kier alpha value is -3.97. The minimum atomic E-state index is -4.65. The summed E-state index contributed by atoms with van der Waals surface area (Å²) >= 11 is 0. The Morgan fingerprint density at radius 3 is 2.45 bits per heavy atom. The van der Waals surface area contributed by atoms with Crippen molar-refractivity contribution in [1.82, 2.24) is 0 Å². The zero-order chi connectivity index (χ0) is 28.7. The van der Waals surface area contributed by atoms with Gasteiger partial charge in [-0.25, -0.2) is 8.42 Å². The standard InChI is InChI=1S/C28H26N2O8S2/c1-3-20(14-27-29(17-39(31,32)33)23-13-19(2)9-11-25(23)37-27)15-28-30(18-40(34,35)36)24-16-22(10-12-26(24)38-28)21-7-5-4-6-8-21/h4-16H,3,17-18H2,1-2H3,(H-,31,32,33,34,35,36). The molecule has 0 fully saturated rings. The molecule has 10 nitrogen and oxygen atoms in total. The number of anilines is 1. The molecule has 1 aromatic heterocycles. The molecule has 0 amide bonds. The second-order valence-corrected chi connectivity index (χ2v) is 12.2. The molecule has 0 aliphatic carbocycles. The van der Waals surface area contributed by atoms with Crippen LogP contribution in [0, 0.1) is 6.92 Å². The normalized spacial score (nSPS) is 15.1. The topological polar surface area (TPSA) is 141 Å². The molecular formula is C28H26N2O8S2. The third-order valence-electron chi connectivity index (χ3n) is 6.33. The second kappa shape index (κ2) is 10.5. The number of nitrogens with zero attached hydrogens (tertiary/aromatic N) is 2. The summed E-state index contributed by atoms with van der Waals surface area (Å²) in [6, 6.07) is 20.1. The lowest BCUT2D eigenvalue weighted by Gasteiger charge is -2.20. The van der Waals surface area contributed by atoms with Gasteiger partial charge in [-0.3, -0.25) is 9.45 Å². The number of benzene rings is 3. The van der Waals surface area contributed by atoms with E-state index in [1.807, 2.05) is 50.2 Å². The summed E-state index contributed by atoms with van der Waals surface area (Å²) in [4.78, 5) is 1.28. The predicted octanol–water partition coefficient (Wildman–Crippen LogP) is 4.58. The number of oxazole rings is 1. The minimum absolute atomic E-state index is 0.122. The molecule has 0 spiro atoms. The predicted molar refractivity (Wildman–Crippen MR) is 149 cm³/mol. The van der Waals surface area contributed by atoms with Crippen LogP contribution < -0.4 is 14.2 Å². The lowest BCUT2D eigenvalue weighted by atomic mass is 10.1. The molecule has 0 bridgehead atoms. The van der Waals surface area contributed by atoms with E-state index in [9.17, 15) is 25.9 Å². The van der Waals surface area contributed by atoms with E-state index in [1.54, 1.807) is 42.5 Å². The van der Waals surface area contributed by atoms with Gasteiger partial charge >= 0.3 is 16.0 Å². The summed E-state index contributed by atoms with van der Waals surface area (Å²) in [6.07, 6.45) is 3.57. The van der Waals surface area contributed by atoms with Crippen LogP contribution in [-0.2, 0) is 26.1 Å². The summed E-state index contributed by atoms with van der Waals surface area (Å²) in [7, 11) is -9.10. The molecule has 1 N–H and O–H groups in total. The Morgan fingerprint density at radius 2 is 1.77 bits per heavy atom. The Morgan fingerprint density at radius 1 is 1.02 bits per heavy atom. The average Bonchev–Trinajstić information content (AvgIpc) is 3.38. The van der Waals surface area contributed by atoms with Crippen molar-refractivity contribution >= 4 is 43.1 Å². The number of aryl methyl sites for hydroxylation is 1. The van der Waals surface area contributed by atoms with Crippen molar-refractivity contribution in [3.63, 3.8) is 0 Å². The number of rotatable bonds is 8. The van der Waals surface area contributed by atoms with Crippen molar-refractivity contribution in [2.45, 2.75) is 26.1 Å². The first-order valence-corrected chi connectivity index (χ1v) is 15.5. The number of hydrogen-bond acceptors (Lipinski definition) is 8. The molecule has 4 aromatic rings. The largest absolute Gasteiger partial charge is 0.747 e. The summed E-state index contributed by atoms with van der Waals surface area (Å²) < 4.78 is 81.9. The highest BCUT2D eigenvalue weighted by atomic mass is 32.2. The van der Waals surface area contributed by atoms with Gasteiger partial charge in [-0.15, -0.1) is 4.57 Å². The van der Waals surface area contributed by atoms with Crippen LogP contribution in [0.4, 0.5) is 5.69 Å². The number of hydrogen-bond donors (Lipinski definition) is 1. The second-order valence-electron chi connectivity index (χ2n) is 9.37. The van der Waals surface area contributed by atoms with Crippen molar-refractivity contribution in [3.05, 3.63) is 95.7 Å². The van der Waals surface area contributed by atoms with E-state index in [1.165, 1.54) is 9.47 Å². The van der Waals surface area contributed by atoms with E-state index in [2.05, 4.69) is 0 Å². The number of fused-ring (bicyclic) bond motifs is 2. The lowest BCUT2D eigenvalue weighted by Crippen LogP contribution is -2.39. The van der Waals surface area contributed by atoms with Crippen molar-refractivity contribution in [1.29, 1.82) is 0 Å². The molecule has 1 aliphatic rings. The van der Waals surface area contributed by atoms with E-state index >= 15 is 0 Å². The van der Waals surface area contributed by atoms with Gasteiger partial charge in [0.25, 0.3) is 11.4 Å². The smallest absolute Gasteiger partial charge is 0.375 e. The van der Waals surface area contributed by atoms with Crippen LogP contribution in [0.3, 0.4) is 0 Å². The fourth-order valence-corrected chi connectivity index (χ4v) is 5.66. The molecule has 0 unspecified atom stereocenters. The Kier molecular flexibility index (Phi) is 7.27. The maximum Gasteiger partial charge on any atom is 0.375 e. The molecule has 0 saturated heterocycles. The van der Waals surface area contributed by atoms with Gasteiger partial charge in [0.1, 0.15) is 16.0 Å². The van der Waals surface area contributed by atoms with Crippen LogP contribution in [0.2, 0.25) is 0 Å². The van der Waals surface area contributed by atoms with E-state index in [0.717, 1.165) is 16.7 Å². The Labute approximate surface area is 231 Å². The van der Waals surface area contributed by atoms with Gasteiger partial charge in [-0.05, 0) is 53.8 Å². The van der Waals surface area contributed by atoms with E-state index in [0.29, 0.717) is 34.5 Å². The molecule has 0 saturated carbocycles. The maximum absolute atomic E-state index is 12.0. The van der Waals surface area contributed by atoms with Crippen molar-refractivity contribution in [2.75, 3.05) is 10.8 Å². The molecule has 208 valence electrons. The Balaban J connectivity index is 1.62. The summed E-state index contributed by atoms with van der Waals surface area (Å²) in [6.45, 7) is 3.68. The van der Waals surface area contributed by atoms with Gasteiger partial charge < -0.3 is 13.7 Å². The Bertz CT molecular complexity index is 1880. The van der Waals surface area contributed by atoms with Gasteiger partial charge in [0.15, 0.2) is 5.75 Å². The van der Waals surface area contributed by atoms with Gasteiger partial charge in [-0.1, -0.05) is 49.4 Å². The first-order chi connectivity index (χ1) is 18.9. The third-order valence-corrected chi connectivity index (χ3v) is 7.49. The highest BCUT2D eigenvalue weighted by Gasteiger charge is 2.30. The molecule has 0 radical (unpaired) electrons. The maximum atomic E-state index is 12.0. The van der Waals surface area contributed by atoms with Crippen LogP contribution >= 0.6 is 0 Å². The molecular weight excluding hydrogens is 556 g/mol. The number of ether oxygens (including phenoxy) is 1. The monoisotopic (exact) mass is 582 g/mol. The highest BCUT2D eigenvalue weighted by Crippen LogP contribution is 2.40. The van der Waals surface area contributed by atoms with Gasteiger partial charge in [0, 0.05) is 12.1 Å². The summed E-state index contributed by atoms with van der Waals surface area (Å²) in [5.41, 5.74) is 4.48. The fraction of sp³-hybridized carbons (Fsp3) is 0.179. The summed E-state index contributed by atoms with van der Waals surface area (Å²) in [5, 5.41) is 0. The van der Waals surface area contributed by atoms with Crippen LogP contribution in [0.1, 0.15) is 24.8 Å². The first-order valence-electron chi connectivity index (χ1n) is 12.3. The van der Waals surface area contributed by atoms with Crippen molar-refractivity contribution in [2.24, 2.45) is 0 Å². The van der Waals surface area contributed by atoms with Crippen LogP contribution in [-0.4, -0.2) is 31.8 Å². The number of allylic oxidation sites excluding steroid dienone is 2. The molecule has 12 heteroatoms. The fourth-order valence-electron chi connectivity index (χ4n) is 4.49. The average molecular weight is 583 g/mol. The lowest BCUT2D eigenvalue weighted by molar-refractivity contribution is -0.658. The number of aromatic nitrogens is 1. The third kappa shape index (κ3) is 6.10. The molecule has 5 rings (SSSR count). The minimum Gasteiger partial charge on any atom is -0.747 e. The van der Waals surface area contributed by atoms with Gasteiger partial charge in [-0.2, -0.15) is 8.42 Å². The first kappa shape index (κ1) is 27.6. The van der Waals surface area contributed by atoms with E-state index in [4.69, 9.17) is 9.15 Å². The van der Waals surface area contributed by atoms with Crippen LogP contribution in [0.15, 0.2) is 88.7 Å². The molecule has 1 aliphatic heterocycles. The van der Waals surface area contributed by atoms with E-state index < -0.39 is 32.0 Å². The zero-order valence-electron chi connectivity index (χ0n) is 21.6.